The zero-order valence-electron chi connectivity index (χ0n) is 12.4. The molecule has 0 unspecified atom stereocenters. The van der Waals surface area contributed by atoms with Crippen molar-refractivity contribution in [1.82, 2.24) is 9.55 Å². The summed E-state index contributed by atoms with van der Waals surface area (Å²) in [5.41, 5.74) is 6.50. The molecule has 0 aliphatic carbocycles. The number of anilines is 2. The van der Waals surface area contributed by atoms with E-state index in [1.165, 1.54) is 11.3 Å². The van der Waals surface area contributed by atoms with Gasteiger partial charge in [-0.15, -0.1) is 0 Å². The number of nitrogens with two attached hydrogens (primary N) is 1. The second-order valence-corrected chi connectivity index (χ2v) is 5.43. The van der Waals surface area contributed by atoms with Crippen LogP contribution in [0.5, 0.6) is 0 Å². The molecule has 0 aromatic carbocycles. The highest BCUT2D eigenvalue weighted by Crippen LogP contribution is 2.32. The molecule has 0 bridgehead atoms. The lowest BCUT2D eigenvalue weighted by Gasteiger charge is -2.05. The summed E-state index contributed by atoms with van der Waals surface area (Å²) in [7, 11) is 1.91. The predicted octanol–water partition coefficient (Wildman–Crippen LogP) is 2.94. The predicted molar refractivity (Wildman–Crippen MR) is 91.7 cm³/mol. The highest BCUT2D eigenvalue weighted by molar-refractivity contribution is 7.17. The van der Waals surface area contributed by atoms with Crippen LogP contribution < -0.4 is 11.1 Å². The summed E-state index contributed by atoms with van der Waals surface area (Å²) in [6, 6.07) is 3.81. The van der Waals surface area contributed by atoms with Gasteiger partial charge in [-0.25, -0.2) is 4.98 Å². The summed E-state index contributed by atoms with van der Waals surface area (Å²) in [6.07, 6.45) is 7.15. The first-order chi connectivity index (χ1) is 10.6. The number of amides is 1. The van der Waals surface area contributed by atoms with Crippen molar-refractivity contribution < 1.29 is 4.79 Å². The Bertz CT molecular complexity index is 754. The van der Waals surface area contributed by atoms with Crippen molar-refractivity contribution in [3.8, 4) is 0 Å². The highest BCUT2D eigenvalue weighted by Gasteiger charge is 2.17. The van der Waals surface area contributed by atoms with Crippen molar-refractivity contribution in [2.45, 2.75) is 6.92 Å². The van der Waals surface area contributed by atoms with Crippen molar-refractivity contribution in [3.63, 3.8) is 0 Å². The van der Waals surface area contributed by atoms with Gasteiger partial charge in [-0.2, -0.15) is 0 Å². The van der Waals surface area contributed by atoms with Gasteiger partial charge in [0.15, 0.2) is 5.69 Å². The number of nitrogens with zero attached hydrogens (tertiary/aromatic N) is 3. The summed E-state index contributed by atoms with van der Waals surface area (Å²) in [4.78, 5) is 19.6. The van der Waals surface area contributed by atoms with E-state index in [2.05, 4.69) is 22.0 Å². The minimum Gasteiger partial charge on any atom is -0.364 e. The molecule has 114 valence electrons. The first-order valence-electron chi connectivity index (χ1n) is 6.55. The number of hydrogen-bond acceptors (Lipinski definition) is 5. The van der Waals surface area contributed by atoms with Gasteiger partial charge >= 0.3 is 0 Å². The maximum absolute atomic E-state index is 11.6. The van der Waals surface area contributed by atoms with Gasteiger partial charge in [0, 0.05) is 25.0 Å². The Kier molecular flexibility index (Phi) is 4.90. The van der Waals surface area contributed by atoms with E-state index in [4.69, 9.17) is 5.73 Å². The Labute approximate surface area is 132 Å². The molecule has 2 aromatic rings. The number of nitrogens with one attached hydrogen (secondary N) is 1. The van der Waals surface area contributed by atoms with Crippen molar-refractivity contribution in [1.29, 1.82) is 0 Å². The van der Waals surface area contributed by atoms with Crippen molar-refractivity contribution in [2.75, 3.05) is 5.32 Å². The van der Waals surface area contributed by atoms with Gasteiger partial charge < -0.3 is 15.6 Å². The lowest BCUT2D eigenvalue weighted by molar-refractivity contribution is 0.0997. The Morgan fingerprint density at radius 1 is 1.59 bits per heavy atom. The first-order valence-corrected chi connectivity index (χ1v) is 7.36. The smallest absolute Gasteiger partial charge is 0.270 e. The molecule has 0 spiro atoms. The minimum atomic E-state index is -0.569. The lowest BCUT2D eigenvalue weighted by atomic mass is 10.2. The molecule has 1 amide bonds. The van der Waals surface area contributed by atoms with Crippen molar-refractivity contribution in [2.24, 2.45) is 17.8 Å². The third-order valence-electron chi connectivity index (χ3n) is 2.96. The van der Waals surface area contributed by atoms with E-state index >= 15 is 0 Å². The normalized spacial score (nSPS) is 11.8. The molecule has 22 heavy (non-hydrogen) atoms. The average Bonchev–Trinajstić information content (AvgIpc) is 3.08. The third kappa shape index (κ3) is 3.32. The van der Waals surface area contributed by atoms with E-state index in [1.54, 1.807) is 12.3 Å². The molecule has 0 fully saturated rings. The molecule has 0 aliphatic rings. The zero-order chi connectivity index (χ0) is 16.1. The molecular formula is C15H17N5OS. The average molecular weight is 315 g/mol. The molecule has 2 rings (SSSR count). The third-order valence-corrected chi connectivity index (χ3v) is 3.98. The van der Waals surface area contributed by atoms with Crippen LogP contribution in [-0.2, 0) is 7.05 Å². The van der Waals surface area contributed by atoms with Crippen molar-refractivity contribution in [3.05, 3.63) is 47.4 Å². The molecule has 3 N–H and O–H groups in total. The molecule has 0 saturated carbocycles. The van der Waals surface area contributed by atoms with Gasteiger partial charge in [0.2, 0.25) is 0 Å². The van der Waals surface area contributed by atoms with Crippen LogP contribution in [0.2, 0.25) is 0 Å². The Balaban J connectivity index is 2.41. The standard InChI is InChI=1S/C15H17N5OS/c1-4-10(7-8-17-2)14-19-12(13(16)21)15(22-14)18-11-6-5-9-20(11)3/h4-9,18H,2H2,1,3H3,(H2,16,21)/b8-7-,10-4+. The first kappa shape index (κ1) is 15.7. The van der Waals surface area contributed by atoms with E-state index < -0.39 is 5.91 Å². The van der Waals surface area contributed by atoms with Gasteiger partial charge in [0.05, 0.1) is 0 Å². The zero-order valence-corrected chi connectivity index (χ0v) is 13.2. The summed E-state index contributed by atoms with van der Waals surface area (Å²) >= 11 is 1.36. The summed E-state index contributed by atoms with van der Waals surface area (Å²) < 4.78 is 1.91. The number of aromatic nitrogens is 2. The molecule has 0 saturated heterocycles. The minimum absolute atomic E-state index is 0.223. The number of thiazole rings is 1. The highest BCUT2D eigenvalue weighted by atomic mass is 32.1. The maximum Gasteiger partial charge on any atom is 0.270 e. The summed E-state index contributed by atoms with van der Waals surface area (Å²) in [5.74, 6) is 0.281. The van der Waals surface area contributed by atoms with Gasteiger partial charge in [0.1, 0.15) is 15.8 Å². The molecule has 2 heterocycles. The van der Waals surface area contributed by atoms with E-state index in [0.717, 1.165) is 11.4 Å². The second kappa shape index (κ2) is 6.86. The van der Waals surface area contributed by atoms with Gasteiger partial charge in [-0.3, -0.25) is 9.79 Å². The van der Waals surface area contributed by atoms with Gasteiger partial charge in [-0.1, -0.05) is 17.4 Å². The number of primary amides is 1. The molecular weight excluding hydrogens is 298 g/mol. The second-order valence-electron chi connectivity index (χ2n) is 4.43. The largest absolute Gasteiger partial charge is 0.364 e. The molecule has 7 heteroatoms. The topological polar surface area (TPSA) is 85.3 Å². The fraction of sp³-hybridized carbons (Fsp3) is 0.133. The molecule has 0 aliphatic heterocycles. The number of aryl methyl sites for hydroxylation is 1. The van der Waals surface area contributed by atoms with Crippen LogP contribution in [0, 0.1) is 0 Å². The van der Waals surface area contributed by atoms with E-state index in [1.807, 2.05) is 42.9 Å². The van der Waals surface area contributed by atoms with Crippen molar-refractivity contribution >= 4 is 40.4 Å². The summed E-state index contributed by atoms with van der Waals surface area (Å²) in [6.45, 7) is 5.29. The van der Waals surface area contributed by atoms with Gasteiger partial charge in [-0.05, 0) is 31.9 Å². The van der Waals surface area contributed by atoms with E-state index in [9.17, 15) is 4.79 Å². The quantitative estimate of drug-likeness (QED) is 0.635. The van der Waals surface area contributed by atoms with Crippen LogP contribution in [0.15, 0.2) is 41.7 Å². The molecule has 0 atom stereocenters. The number of rotatable bonds is 6. The summed E-state index contributed by atoms with van der Waals surface area (Å²) in [5, 5.41) is 4.49. The number of aliphatic imine (C=N–C) groups is 1. The molecule has 0 radical (unpaired) electrons. The van der Waals surface area contributed by atoms with E-state index in [-0.39, 0.29) is 5.69 Å². The number of carbonyl (C=O) groups excluding carboxylic acids is 1. The SMILES string of the molecule is C=N/C=C\C(=C/C)c1nc(C(N)=O)c(Nc2cccn2C)s1. The number of hydrogen-bond donors (Lipinski definition) is 2. The molecule has 6 nitrogen and oxygen atoms in total. The van der Waals surface area contributed by atoms with Crippen LogP contribution in [-0.4, -0.2) is 22.2 Å². The number of allylic oxidation sites excluding steroid dienone is 3. The maximum atomic E-state index is 11.6. The Morgan fingerprint density at radius 3 is 2.91 bits per heavy atom. The van der Waals surface area contributed by atoms with Gasteiger partial charge in [0.25, 0.3) is 5.91 Å². The van der Waals surface area contributed by atoms with Crippen LogP contribution >= 0.6 is 11.3 Å². The fourth-order valence-corrected chi connectivity index (χ4v) is 2.86. The van der Waals surface area contributed by atoms with Crippen LogP contribution in [0.1, 0.15) is 22.4 Å². The Hall–Kier alpha value is -2.67. The number of carbonyl (C=O) groups is 1. The van der Waals surface area contributed by atoms with E-state index in [0.29, 0.717) is 10.0 Å². The lowest BCUT2D eigenvalue weighted by Crippen LogP contribution is -2.13. The van der Waals surface area contributed by atoms with Crippen LogP contribution in [0.3, 0.4) is 0 Å². The van der Waals surface area contributed by atoms with Crippen LogP contribution in [0.25, 0.3) is 5.57 Å². The molecule has 2 aromatic heterocycles. The Morgan fingerprint density at radius 2 is 2.36 bits per heavy atom. The fourth-order valence-electron chi connectivity index (χ4n) is 1.83. The van der Waals surface area contributed by atoms with Crippen LogP contribution in [0.4, 0.5) is 10.8 Å². The monoisotopic (exact) mass is 315 g/mol.